The minimum atomic E-state index is -0.156. The van der Waals surface area contributed by atoms with E-state index < -0.39 is 0 Å². The highest BCUT2D eigenvalue weighted by Gasteiger charge is 2.18. The van der Waals surface area contributed by atoms with Crippen LogP contribution in [0.25, 0.3) is 11.3 Å². The van der Waals surface area contributed by atoms with Gasteiger partial charge in [-0.2, -0.15) is 5.10 Å². The number of unbranched alkanes of at least 4 members (excludes halogenated alkanes) is 1. The summed E-state index contributed by atoms with van der Waals surface area (Å²) in [4.78, 5) is 12.5. The summed E-state index contributed by atoms with van der Waals surface area (Å²) in [6.07, 6.45) is 4.55. The van der Waals surface area contributed by atoms with Gasteiger partial charge in [-0.3, -0.25) is 9.89 Å². The molecule has 0 saturated heterocycles. The summed E-state index contributed by atoms with van der Waals surface area (Å²) >= 11 is 0. The zero-order chi connectivity index (χ0) is 16.7. The van der Waals surface area contributed by atoms with Crippen molar-refractivity contribution in [3.8, 4) is 17.0 Å². The van der Waals surface area contributed by atoms with E-state index in [1.54, 1.807) is 13.3 Å². The Labute approximate surface area is 136 Å². The second kappa shape index (κ2) is 8.33. The van der Waals surface area contributed by atoms with E-state index >= 15 is 0 Å². The Hall–Kier alpha value is -2.34. The van der Waals surface area contributed by atoms with Crippen LogP contribution in [0.3, 0.4) is 0 Å². The molecule has 6 heteroatoms. The molecular weight excluding hydrogens is 292 g/mol. The number of carbonyl (C=O) groups is 1. The van der Waals surface area contributed by atoms with Gasteiger partial charge in [-0.25, -0.2) is 0 Å². The summed E-state index contributed by atoms with van der Waals surface area (Å²) < 4.78 is 5.15. The van der Waals surface area contributed by atoms with Gasteiger partial charge in [-0.1, -0.05) is 19.8 Å². The number of rotatable bonds is 8. The lowest BCUT2D eigenvalue weighted by Gasteiger charge is -2.16. The number of methoxy groups -OCH3 is 1. The molecule has 6 nitrogen and oxygen atoms in total. The zero-order valence-electron chi connectivity index (χ0n) is 13.6. The van der Waals surface area contributed by atoms with E-state index in [1.165, 1.54) is 0 Å². The van der Waals surface area contributed by atoms with Gasteiger partial charge < -0.3 is 15.8 Å². The number of amides is 1. The fourth-order valence-electron chi connectivity index (χ4n) is 2.40. The lowest BCUT2D eigenvalue weighted by Crippen LogP contribution is -2.40. The average molecular weight is 316 g/mol. The highest BCUT2D eigenvalue weighted by molar-refractivity contribution is 5.99. The fraction of sp³-hybridized carbons (Fsp3) is 0.412. The maximum atomic E-state index is 12.5. The van der Waals surface area contributed by atoms with Crippen LogP contribution in [0.15, 0.2) is 30.5 Å². The predicted molar refractivity (Wildman–Crippen MR) is 90.4 cm³/mol. The number of aromatic nitrogens is 2. The topological polar surface area (TPSA) is 93.0 Å². The molecule has 0 aliphatic rings. The zero-order valence-corrected chi connectivity index (χ0v) is 13.6. The summed E-state index contributed by atoms with van der Waals surface area (Å²) in [6.45, 7) is 2.55. The third-order valence-corrected chi connectivity index (χ3v) is 3.79. The highest BCUT2D eigenvalue weighted by atomic mass is 16.5. The monoisotopic (exact) mass is 316 g/mol. The number of benzene rings is 1. The van der Waals surface area contributed by atoms with Gasteiger partial charge >= 0.3 is 0 Å². The first kappa shape index (κ1) is 17.0. The van der Waals surface area contributed by atoms with Crippen molar-refractivity contribution in [2.24, 2.45) is 5.73 Å². The van der Waals surface area contributed by atoms with Gasteiger partial charge in [0.05, 0.1) is 24.6 Å². The third kappa shape index (κ3) is 4.32. The summed E-state index contributed by atoms with van der Waals surface area (Å²) in [6, 6.07) is 7.46. The molecule has 1 aromatic carbocycles. The van der Waals surface area contributed by atoms with Crippen LogP contribution >= 0.6 is 0 Å². The van der Waals surface area contributed by atoms with Gasteiger partial charge in [0.1, 0.15) is 5.75 Å². The van der Waals surface area contributed by atoms with Crippen LogP contribution in [0.5, 0.6) is 5.75 Å². The summed E-state index contributed by atoms with van der Waals surface area (Å²) in [5.41, 5.74) is 7.83. The van der Waals surface area contributed by atoms with E-state index in [2.05, 4.69) is 22.4 Å². The largest absolute Gasteiger partial charge is 0.497 e. The first-order valence-electron chi connectivity index (χ1n) is 7.88. The summed E-state index contributed by atoms with van der Waals surface area (Å²) in [5, 5.41) is 9.89. The first-order valence-corrected chi connectivity index (χ1v) is 7.88. The van der Waals surface area contributed by atoms with Gasteiger partial charge in [0.2, 0.25) is 0 Å². The molecule has 1 heterocycles. The minimum Gasteiger partial charge on any atom is -0.497 e. The van der Waals surface area contributed by atoms with E-state index in [4.69, 9.17) is 10.5 Å². The Balaban J connectivity index is 2.14. The van der Waals surface area contributed by atoms with Crippen LogP contribution in [0, 0.1) is 0 Å². The van der Waals surface area contributed by atoms with Crippen LogP contribution in [0.2, 0.25) is 0 Å². The number of aromatic amines is 1. The fourth-order valence-corrected chi connectivity index (χ4v) is 2.40. The van der Waals surface area contributed by atoms with Crippen LogP contribution in [0.1, 0.15) is 36.5 Å². The highest BCUT2D eigenvalue weighted by Crippen LogP contribution is 2.23. The molecule has 0 radical (unpaired) electrons. The number of nitrogens with zero attached hydrogens (tertiary/aromatic N) is 1. The van der Waals surface area contributed by atoms with Crippen molar-refractivity contribution < 1.29 is 9.53 Å². The lowest BCUT2D eigenvalue weighted by atomic mass is 10.1. The maximum Gasteiger partial charge on any atom is 0.255 e. The second-order valence-corrected chi connectivity index (χ2v) is 5.44. The normalized spacial score (nSPS) is 12.0. The Morgan fingerprint density at radius 3 is 2.74 bits per heavy atom. The standard InChI is InChI=1S/C17H24N4O2/c1-3-4-5-13(10-18)20-17(22)15-11-19-21-16(15)12-6-8-14(23-2)9-7-12/h6-9,11,13H,3-5,10,18H2,1-2H3,(H,19,21)(H,20,22). The average Bonchev–Trinajstić information content (AvgIpc) is 3.08. The predicted octanol–water partition coefficient (Wildman–Crippen LogP) is 2.33. The molecule has 0 aliphatic carbocycles. The minimum absolute atomic E-state index is 0.0129. The molecular formula is C17H24N4O2. The Kier molecular flexibility index (Phi) is 6.17. The smallest absolute Gasteiger partial charge is 0.255 e. The van der Waals surface area contributed by atoms with Crippen LogP contribution in [-0.2, 0) is 0 Å². The number of ether oxygens (including phenoxy) is 1. The van der Waals surface area contributed by atoms with Crippen molar-refractivity contribution in [3.63, 3.8) is 0 Å². The molecule has 1 aromatic heterocycles. The molecule has 0 fully saturated rings. The number of nitrogens with two attached hydrogens (primary N) is 1. The number of hydrogen-bond donors (Lipinski definition) is 3. The van der Waals surface area contributed by atoms with Crippen LogP contribution in [-0.4, -0.2) is 35.8 Å². The molecule has 4 N–H and O–H groups in total. The van der Waals surface area contributed by atoms with E-state index in [0.29, 0.717) is 17.8 Å². The molecule has 0 aliphatic heterocycles. The van der Waals surface area contributed by atoms with E-state index in [1.807, 2.05) is 24.3 Å². The Morgan fingerprint density at radius 2 is 2.13 bits per heavy atom. The lowest BCUT2D eigenvalue weighted by molar-refractivity contribution is 0.0936. The molecule has 0 bridgehead atoms. The maximum absolute atomic E-state index is 12.5. The molecule has 2 rings (SSSR count). The van der Waals surface area contributed by atoms with Gasteiger partial charge in [0.25, 0.3) is 5.91 Å². The van der Waals surface area contributed by atoms with Gasteiger partial charge in [-0.15, -0.1) is 0 Å². The number of H-pyrrole nitrogens is 1. The molecule has 0 spiro atoms. The second-order valence-electron chi connectivity index (χ2n) is 5.44. The van der Waals surface area contributed by atoms with Crippen molar-refractivity contribution in [3.05, 3.63) is 36.0 Å². The van der Waals surface area contributed by atoms with Crippen molar-refractivity contribution >= 4 is 5.91 Å². The van der Waals surface area contributed by atoms with E-state index in [9.17, 15) is 4.79 Å². The van der Waals surface area contributed by atoms with Crippen LogP contribution in [0.4, 0.5) is 0 Å². The molecule has 1 atom stereocenters. The Morgan fingerprint density at radius 1 is 1.39 bits per heavy atom. The third-order valence-electron chi connectivity index (χ3n) is 3.79. The van der Waals surface area contributed by atoms with Crippen molar-refractivity contribution in [2.75, 3.05) is 13.7 Å². The first-order chi connectivity index (χ1) is 11.2. The van der Waals surface area contributed by atoms with Gasteiger partial charge in [0, 0.05) is 18.2 Å². The summed E-state index contributed by atoms with van der Waals surface area (Å²) in [5.74, 6) is 0.609. The molecule has 0 saturated carbocycles. The van der Waals surface area contributed by atoms with E-state index in [0.717, 1.165) is 30.6 Å². The number of hydrogen-bond acceptors (Lipinski definition) is 4. The number of carbonyl (C=O) groups excluding carboxylic acids is 1. The molecule has 1 unspecified atom stereocenters. The molecule has 124 valence electrons. The molecule has 2 aromatic rings. The molecule has 1 amide bonds. The van der Waals surface area contributed by atoms with Crippen molar-refractivity contribution in [1.29, 1.82) is 0 Å². The quantitative estimate of drug-likeness (QED) is 0.697. The van der Waals surface area contributed by atoms with Crippen LogP contribution < -0.4 is 15.8 Å². The van der Waals surface area contributed by atoms with Crippen molar-refractivity contribution in [2.45, 2.75) is 32.2 Å². The molecule has 23 heavy (non-hydrogen) atoms. The number of nitrogens with one attached hydrogen (secondary N) is 2. The van der Waals surface area contributed by atoms with Gasteiger partial charge in [-0.05, 0) is 30.7 Å². The van der Waals surface area contributed by atoms with Crippen molar-refractivity contribution in [1.82, 2.24) is 15.5 Å². The van der Waals surface area contributed by atoms with Gasteiger partial charge in [0.15, 0.2) is 0 Å². The Bertz CT molecular complexity index is 622. The SMILES string of the molecule is CCCCC(CN)NC(=O)c1cn[nH]c1-c1ccc(OC)cc1. The van der Waals surface area contributed by atoms with E-state index in [-0.39, 0.29) is 11.9 Å². The summed E-state index contributed by atoms with van der Waals surface area (Å²) in [7, 11) is 1.62.